The van der Waals surface area contributed by atoms with Gasteiger partial charge in [0.2, 0.25) is 0 Å². The van der Waals surface area contributed by atoms with Crippen LogP contribution in [0.1, 0.15) is 16.1 Å². The van der Waals surface area contributed by atoms with Gasteiger partial charge in [-0.2, -0.15) is 0 Å². The molecule has 2 N–H and O–H groups in total. The Balaban J connectivity index is 0.00000144. The predicted octanol–water partition coefficient (Wildman–Crippen LogP) is -5.26. The van der Waals surface area contributed by atoms with E-state index in [0.717, 1.165) is 0 Å². The van der Waals surface area contributed by atoms with Crippen LogP contribution in [-0.2, 0) is 0 Å². The summed E-state index contributed by atoms with van der Waals surface area (Å²) in [6.07, 6.45) is 0. The predicted molar refractivity (Wildman–Crippen MR) is 36.8 cm³/mol. The molecule has 0 aliphatic carbocycles. The van der Waals surface area contributed by atoms with Crippen molar-refractivity contribution in [2.45, 2.75) is 6.92 Å². The number of aromatic amines is 2. The molecule has 0 saturated heterocycles. The minimum atomic E-state index is -1.57. The van der Waals surface area contributed by atoms with Crippen LogP contribution in [0, 0.1) is 6.92 Å². The van der Waals surface area contributed by atoms with Crippen LogP contribution in [0.3, 0.4) is 0 Å². The Morgan fingerprint density at radius 2 is 1.85 bits per heavy atom. The molecule has 0 fully saturated rings. The molecule has 7 heteroatoms. The van der Waals surface area contributed by atoms with Crippen LogP contribution >= 0.6 is 0 Å². The molecule has 0 saturated carbocycles. The maximum Gasteiger partial charge on any atom is 1.00 e. The fraction of sp³-hybridized carbons (Fsp3) is 0.167. The molecule has 0 amide bonds. The van der Waals surface area contributed by atoms with Crippen molar-refractivity contribution < 1.29 is 61.3 Å². The quantitative estimate of drug-likeness (QED) is 0.450. The Morgan fingerprint density at radius 3 is 2.31 bits per heavy atom. The Hall–Kier alpha value is -0.214. The average Bonchev–Trinajstić information content (AvgIpc) is 1.96. The van der Waals surface area contributed by atoms with Crippen LogP contribution in [0.25, 0.3) is 0 Å². The monoisotopic (exact) mass is 208 g/mol. The molecule has 0 atom stereocenters. The van der Waals surface area contributed by atoms with Crippen molar-refractivity contribution in [3.05, 3.63) is 32.1 Å². The number of aromatic carboxylic acids is 1. The molecule has 13 heavy (non-hydrogen) atoms. The SMILES string of the molecule is Cc1c(C(=O)[O-])[nH]c(=O)[nH]c1=O.[K+]. The Labute approximate surface area is 115 Å². The first kappa shape index (κ1) is 12.8. The van der Waals surface area contributed by atoms with Crippen molar-refractivity contribution in [2.75, 3.05) is 0 Å². The molecule has 1 rings (SSSR count). The van der Waals surface area contributed by atoms with Crippen LogP contribution in [0.4, 0.5) is 0 Å². The van der Waals surface area contributed by atoms with Gasteiger partial charge >= 0.3 is 57.1 Å². The van der Waals surface area contributed by atoms with E-state index < -0.39 is 22.9 Å². The first-order valence-electron chi connectivity index (χ1n) is 3.07. The van der Waals surface area contributed by atoms with E-state index in [1.807, 2.05) is 9.97 Å². The normalized spacial score (nSPS) is 9.00. The van der Waals surface area contributed by atoms with E-state index in [4.69, 9.17) is 0 Å². The maximum atomic E-state index is 10.8. The molecular weight excluding hydrogens is 203 g/mol. The second-order valence-electron chi connectivity index (χ2n) is 2.20. The van der Waals surface area contributed by atoms with Gasteiger partial charge in [0.15, 0.2) is 0 Å². The first-order valence-corrected chi connectivity index (χ1v) is 3.07. The van der Waals surface area contributed by atoms with Gasteiger partial charge in [-0.1, -0.05) is 0 Å². The molecule has 0 spiro atoms. The topological polar surface area (TPSA) is 106 Å². The van der Waals surface area contributed by atoms with Crippen LogP contribution in [0.5, 0.6) is 0 Å². The van der Waals surface area contributed by atoms with E-state index in [2.05, 4.69) is 0 Å². The van der Waals surface area contributed by atoms with E-state index in [1.165, 1.54) is 6.92 Å². The Morgan fingerprint density at radius 1 is 1.31 bits per heavy atom. The van der Waals surface area contributed by atoms with Gasteiger partial charge in [-0.3, -0.25) is 9.78 Å². The smallest absolute Gasteiger partial charge is 0.543 e. The number of H-pyrrole nitrogens is 2. The summed E-state index contributed by atoms with van der Waals surface area (Å²) in [5, 5.41) is 10.3. The molecule has 0 bridgehead atoms. The molecule has 0 aromatic carbocycles. The van der Waals surface area contributed by atoms with E-state index >= 15 is 0 Å². The number of carbonyl (C=O) groups excluding carboxylic acids is 1. The summed E-state index contributed by atoms with van der Waals surface area (Å²) in [7, 11) is 0. The summed E-state index contributed by atoms with van der Waals surface area (Å²) >= 11 is 0. The second kappa shape index (κ2) is 4.87. The third kappa shape index (κ3) is 2.88. The second-order valence-corrected chi connectivity index (χ2v) is 2.20. The van der Waals surface area contributed by atoms with Gasteiger partial charge in [-0.05, 0) is 6.92 Å². The Bertz CT molecular complexity index is 433. The third-order valence-electron chi connectivity index (χ3n) is 1.39. The van der Waals surface area contributed by atoms with Crippen molar-refractivity contribution in [2.24, 2.45) is 0 Å². The van der Waals surface area contributed by atoms with Gasteiger partial charge in [-0.25, -0.2) is 4.79 Å². The van der Waals surface area contributed by atoms with Gasteiger partial charge < -0.3 is 14.9 Å². The molecule has 64 valence electrons. The number of carboxylic acid groups (broad SMARTS) is 1. The van der Waals surface area contributed by atoms with Crippen molar-refractivity contribution in [3.8, 4) is 0 Å². The maximum absolute atomic E-state index is 10.8. The van der Waals surface area contributed by atoms with Crippen molar-refractivity contribution in [3.63, 3.8) is 0 Å². The van der Waals surface area contributed by atoms with Gasteiger partial charge in [0.05, 0.1) is 11.7 Å². The largest absolute Gasteiger partial charge is 1.00 e. The standard InChI is InChI=1S/C6H6N2O4.K/c1-2-3(5(10)11)7-6(12)8-4(2)9;/h1H3,(H,10,11)(H2,7,8,9,12);/q;+1/p-1. The molecule has 1 heterocycles. The number of nitrogens with one attached hydrogen (secondary N) is 2. The van der Waals surface area contributed by atoms with Crippen LogP contribution in [0.2, 0.25) is 0 Å². The molecule has 0 unspecified atom stereocenters. The van der Waals surface area contributed by atoms with Gasteiger partial charge in [0.1, 0.15) is 0 Å². The fourth-order valence-electron chi connectivity index (χ4n) is 0.753. The average molecular weight is 208 g/mol. The zero-order valence-electron chi connectivity index (χ0n) is 7.13. The fourth-order valence-corrected chi connectivity index (χ4v) is 0.753. The van der Waals surface area contributed by atoms with E-state index in [0.29, 0.717) is 0 Å². The zero-order valence-corrected chi connectivity index (χ0v) is 10.3. The number of hydrogen-bond acceptors (Lipinski definition) is 4. The number of carboxylic acids is 1. The minimum Gasteiger partial charge on any atom is -0.543 e. The zero-order chi connectivity index (χ0) is 9.30. The van der Waals surface area contributed by atoms with Crippen molar-refractivity contribution >= 4 is 5.97 Å². The number of carbonyl (C=O) groups is 1. The number of aromatic nitrogens is 2. The van der Waals surface area contributed by atoms with E-state index in [1.54, 1.807) is 0 Å². The van der Waals surface area contributed by atoms with E-state index in [9.17, 15) is 19.5 Å². The number of rotatable bonds is 1. The summed E-state index contributed by atoms with van der Waals surface area (Å²) in [6.45, 7) is 1.28. The summed E-state index contributed by atoms with van der Waals surface area (Å²) in [6, 6.07) is 0. The van der Waals surface area contributed by atoms with Gasteiger partial charge in [-0.15, -0.1) is 0 Å². The molecule has 6 nitrogen and oxygen atoms in total. The van der Waals surface area contributed by atoms with Crippen LogP contribution in [-0.4, -0.2) is 15.9 Å². The summed E-state index contributed by atoms with van der Waals surface area (Å²) in [5.74, 6) is -1.57. The molecular formula is C6H5KN2O4. The molecule has 0 aliphatic rings. The summed E-state index contributed by atoms with van der Waals surface area (Å²) in [4.78, 5) is 35.5. The molecule has 1 aromatic heterocycles. The number of hydrogen-bond donors (Lipinski definition) is 2. The third-order valence-corrected chi connectivity index (χ3v) is 1.39. The van der Waals surface area contributed by atoms with Crippen molar-refractivity contribution in [1.82, 2.24) is 9.97 Å². The van der Waals surface area contributed by atoms with Gasteiger partial charge in [0, 0.05) is 5.56 Å². The van der Waals surface area contributed by atoms with Crippen LogP contribution in [0.15, 0.2) is 9.59 Å². The molecule has 0 aliphatic heterocycles. The first-order chi connectivity index (χ1) is 5.52. The Kier molecular flexibility index (Phi) is 4.79. The molecule has 1 aromatic rings. The molecule has 0 radical (unpaired) electrons. The van der Waals surface area contributed by atoms with Gasteiger partial charge in [0.25, 0.3) is 5.56 Å². The summed E-state index contributed by atoms with van der Waals surface area (Å²) in [5.41, 5.74) is -2.14. The summed E-state index contributed by atoms with van der Waals surface area (Å²) < 4.78 is 0. The van der Waals surface area contributed by atoms with Crippen LogP contribution < -0.4 is 67.7 Å². The van der Waals surface area contributed by atoms with E-state index in [-0.39, 0.29) is 56.9 Å². The minimum absolute atomic E-state index is 0. The van der Waals surface area contributed by atoms with Crippen molar-refractivity contribution in [1.29, 1.82) is 0 Å².